The smallest absolute Gasteiger partial charge is 0.404 e. The van der Waals surface area contributed by atoms with Crippen LogP contribution in [0.3, 0.4) is 0 Å². The maximum atomic E-state index is 14.0. The summed E-state index contributed by atoms with van der Waals surface area (Å²) in [6.45, 7) is 13.6. The summed E-state index contributed by atoms with van der Waals surface area (Å²) in [5.41, 5.74) is 7.29. The predicted molar refractivity (Wildman–Crippen MR) is 180 cm³/mol. The fourth-order valence-corrected chi connectivity index (χ4v) is 8.98. The lowest BCUT2D eigenvalue weighted by atomic mass is 9.43. The van der Waals surface area contributed by atoms with Gasteiger partial charge in [-0.1, -0.05) is 65.7 Å². The standard InChI is InChI=1S/C34H60BN5O6/c1-7-8-9-11-23-13-15-24(16-14-23)27(41)19-25(12-10-17-37-32(36)39-40(43)44)31(42)38-30(18-22(2)3)35-45-29-21-26-20-28(33(26,4)5)34(29,6)46-35/h22-26,28-30H,7-21H2,1-6H3,(H,38,42)(H3,36,37,39)/t23?,24?,25-,26+,28+,29-,30+,34+/m1/s1. The van der Waals surface area contributed by atoms with Crippen molar-refractivity contribution in [3.63, 3.8) is 0 Å². The minimum Gasteiger partial charge on any atom is -0.404 e. The number of hydrogen-bond donors (Lipinski definition) is 3. The maximum absolute atomic E-state index is 14.0. The van der Waals surface area contributed by atoms with E-state index in [0.717, 1.165) is 38.5 Å². The van der Waals surface area contributed by atoms with Crippen molar-refractivity contribution in [1.82, 2.24) is 10.7 Å². The van der Waals surface area contributed by atoms with Crippen LogP contribution < -0.4 is 16.5 Å². The molecule has 0 aromatic heterocycles. The molecule has 4 N–H and O–H groups in total. The summed E-state index contributed by atoms with van der Waals surface area (Å²) in [7, 11) is -0.534. The number of amides is 1. The molecule has 12 heteroatoms. The highest BCUT2D eigenvalue weighted by atomic mass is 16.7. The first-order valence-corrected chi connectivity index (χ1v) is 18.1. The van der Waals surface area contributed by atoms with E-state index in [1.54, 1.807) is 0 Å². The Labute approximate surface area is 276 Å². The fraction of sp³-hybridized carbons (Fsp3) is 0.912. The van der Waals surface area contributed by atoms with E-state index >= 15 is 0 Å². The molecule has 4 aliphatic carbocycles. The van der Waals surface area contributed by atoms with Crippen LogP contribution in [0.2, 0.25) is 0 Å². The number of nitrogens with zero attached hydrogens (tertiary/aromatic N) is 2. The second-order valence-corrected chi connectivity index (χ2v) is 15.9. The molecule has 5 rings (SSSR count). The van der Waals surface area contributed by atoms with Gasteiger partial charge in [0.2, 0.25) is 5.91 Å². The van der Waals surface area contributed by atoms with E-state index in [1.807, 2.05) is 5.43 Å². The molecule has 0 aromatic rings. The topological polar surface area (TPSA) is 158 Å². The Morgan fingerprint density at radius 1 is 1.11 bits per heavy atom. The molecule has 1 aliphatic heterocycles. The molecule has 5 fully saturated rings. The highest BCUT2D eigenvalue weighted by molar-refractivity contribution is 6.47. The molecule has 4 saturated carbocycles. The van der Waals surface area contributed by atoms with E-state index in [2.05, 4.69) is 51.9 Å². The van der Waals surface area contributed by atoms with E-state index < -0.39 is 18.1 Å². The summed E-state index contributed by atoms with van der Waals surface area (Å²) in [6.07, 6.45) is 12.9. The number of Topliss-reactive ketones (excluding diaryl/α,β-unsaturated/α-hetero) is 1. The lowest BCUT2D eigenvalue weighted by Gasteiger charge is -2.64. The molecule has 11 nitrogen and oxygen atoms in total. The molecule has 0 unspecified atom stereocenters. The lowest BCUT2D eigenvalue weighted by Crippen LogP contribution is -2.65. The Balaban J connectivity index is 1.41. The Bertz CT molecular complexity index is 1100. The van der Waals surface area contributed by atoms with Crippen LogP contribution in [0.4, 0.5) is 0 Å². The number of unbranched alkanes of at least 4 members (excludes halogenated alkanes) is 2. The van der Waals surface area contributed by atoms with Crippen molar-refractivity contribution >= 4 is 24.8 Å². The molecule has 0 spiro atoms. The fourth-order valence-electron chi connectivity index (χ4n) is 8.98. The van der Waals surface area contributed by atoms with Gasteiger partial charge in [-0.25, -0.2) is 15.1 Å². The first-order valence-electron chi connectivity index (χ1n) is 18.1. The van der Waals surface area contributed by atoms with Gasteiger partial charge in [-0.2, -0.15) is 0 Å². The number of nitrogens with one attached hydrogen (secondary N) is 2. The summed E-state index contributed by atoms with van der Waals surface area (Å²) < 4.78 is 13.3. The highest BCUT2D eigenvalue weighted by Gasteiger charge is 2.68. The molecule has 6 atom stereocenters. The van der Waals surface area contributed by atoms with E-state index in [-0.39, 0.29) is 59.6 Å². The normalized spacial score (nSPS) is 31.5. The van der Waals surface area contributed by atoms with Gasteiger partial charge in [-0.05, 0) is 93.8 Å². The average molecular weight is 646 g/mol. The average Bonchev–Trinajstić information content (AvgIpc) is 3.35. The molecule has 0 radical (unpaired) electrons. The van der Waals surface area contributed by atoms with Crippen molar-refractivity contribution in [3.8, 4) is 0 Å². The SMILES string of the molecule is CCCCCC1CCC(C(=O)C[C@@H](CCCN=C(N)N[N+](=O)[O-])C(=O)N[C@@H](CC(C)C)B2O[C@@H]3C[C@@H]4C[C@@H](C4(C)C)[C@]3(C)O2)CC1. The van der Waals surface area contributed by atoms with Gasteiger partial charge >= 0.3 is 7.12 Å². The van der Waals surface area contributed by atoms with E-state index in [1.165, 1.54) is 25.7 Å². The van der Waals surface area contributed by atoms with Gasteiger partial charge < -0.3 is 20.4 Å². The van der Waals surface area contributed by atoms with Gasteiger partial charge in [0.25, 0.3) is 5.96 Å². The molecule has 1 saturated heterocycles. The zero-order valence-electron chi connectivity index (χ0n) is 29.2. The second-order valence-electron chi connectivity index (χ2n) is 15.9. The number of hydrogen-bond acceptors (Lipinski definition) is 7. The van der Waals surface area contributed by atoms with Gasteiger partial charge in [0, 0.05) is 24.8 Å². The monoisotopic (exact) mass is 645 g/mol. The van der Waals surface area contributed by atoms with E-state index in [9.17, 15) is 19.7 Å². The van der Waals surface area contributed by atoms with E-state index in [0.29, 0.717) is 42.9 Å². The molecule has 46 heavy (non-hydrogen) atoms. The molecule has 5 aliphatic rings. The molecule has 1 amide bonds. The summed E-state index contributed by atoms with van der Waals surface area (Å²) in [5, 5.41) is 13.2. The van der Waals surface area contributed by atoms with Crippen molar-refractivity contribution in [1.29, 1.82) is 0 Å². The van der Waals surface area contributed by atoms with Gasteiger partial charge in [0.1, 0.15) is 5.78 Å². The third-order valence-electron chi connectivity index (χ3n) is 11.9. The third-order valence-corrected chi connectivity index (χ3v) is 11.9. The zero-order valence-corrected chi connectivity index (χ0v) is 29.2. The van der Waals surface area contributed by atoms with Crippen molar-refractivity contribution in [2.24, 2.45) is 51.6 Å². The minimum atomic E-state index is -0.755. The van der Waals surface area contributed by atoms with Crippen LogP contribution in [-0.4, -0.2) is 54.0 Å². The molecular formula is C34H60BN5O6. The van der Waals surface area contributed by atoms with Gasteiger partial charge in [-0.15, -0.1) is 0 Å². The molecule has 1 heterocycles. The summed E-state index contributed by atoms with van der Waals surface area (Å²) in [5.74, 6) is 0.934. The Hall–Kier alpha value is -2.21. The van der Waals surface area contributed by atoms with Crippen LogP contribution in [0, 0.1) is 51.0 Å². The number of nitro groups is 1. The van der Waals surface area contributed by atoms with Crippen LogP contribution >= 0.6 is 0 Å². The van der Waals surface area contributed by atoms with Crippen molar-refractivity contribution in [2.75, 3.05) is 6.54 Å². The summed E-state index contributed by atoms with van der Waals surface area (Å²) in [6, 6.07) is 0. The first-order chi connectivity index (χ1) is 21.7. The van der Waals surface area contributed by atoms with Crippen molar-refractivity contribution in [3.05, 3.63) is 10.1 Å². The van der Waals surface area contributed by atoms with Gasteiger partial charge in [-0.3, -0.25) is 9.59 Å². The molecule has 260 valence electrons. The quantitative estimate of drug-likeness (QED) is 0.0459. The van der Waals surface area contributed by atoms with Gasteiger partial charge in [0.05, 0.1) is 17.6 Å². The summed E-state index contributed by atoms with van der Waals surface area (Å²) >= 11 is 0. The van der Waals surface area contributed by atoms with Crippen molar-refractivity contribution < 1.29 is 23.9 Å². The number of carbonyl (C=O) groups is 2. The number of rotatable bonds is 17. The zero-order chi connectivity index (χ0) is 33.6. The Kier molecular flexibility index (Phi) is 12.6. The molecule has 0 aromatic carbocycles. The number of hydrazine groups is 1. The Morgan fingerprint density at radius 3 is 2.46 bits per heavy atom. The van der Waals surface area contributed by atoms with Crippen LogP contribution in [0.15, 0.2) is 4.99 Å². The van der Waals surface area contributed by atoms with Gasteiger partial charge in [0.15, 0.2) is 5.03 Å². The number of carbonyl (C=O) groups excluding carboxylic acids is 2. The van der Waals surface area contributed by atoms with E-state index in [4.69, 9.17) is 15.0 Å². The number of aliphatic imine (C=N–C) groups is 1. The maximum Gasteiger partial charge on any atom is 0.481 e. The lowest BCUT2D eigenvalue weighted by molar-refractivity contribution is -0.525. The Morgan fingerprint density at radius 2 is 1.83 bits per heavy atom. The molecular weight excluding hydrogens is 585 g/mol. The highest BCUT2D eigenvalue weighted by Crippen LogP contribution is 2.65. The van der Waals surface area contributed by atoms with Crippen LogP contribution in [-0.2, 0) is 18.9 Å². The predicted octanol–water partition coefficient (Wildman–Crippen LogP) is 5.62. The van der Waals surface area contributed by atoms with Crippen LogP contribution in [0.5, 0.6) is 0 Å². The largest absolute Gasteiger partial charge is 0.481 e. The third kappa shape index (κ3) is 8.82. The van der Waals surface area contributed by atoms with Crippen LogP contribution in [0.1, 0.15) is 131 Å². The van der Waals surface area contributed by atoms with Crippen LogP contribution in [0.25, 0.3) is 0 Å². The first kappa shape index (κ1) is 36.6. The van der Waals surface area contributed by atoms with Crippen molar-refractivity contribution in [2.45, 2.75) is 149 Å². The second kappa shape index (κ2) is 15.8. The number of nitrogens with two attached hydrogens (primary N) is 1. The minimum absolute atomic E-state index is 0.00144. The number of ketones is 1. The number of guanidine groups is 1. The molecule has 2 bridgehead atoms. The summed E-state index contributed by atoms with van der Waals surface area (Å²) in [4.78, 5) is 42.3.